The number of carbonyl (C=O) groups excluding carboxylic acids is 1. The van der Waals surface area contributed by atoms with E-state index in [1.807, 2.05) is 30.1 Å². The summed E-state index contributed by atoms with van der Waals surface area (Å²) in [7, 11) is 0. The second-order valence-corrected chi connectivity index (χ2v) is 5.47. The molecule has 1 aliphatic heterocycles. The zero-order chi connectivity index (χ0) is 16.4. The zero-order valence-electron chi connectivity index (χ0n) is 12.7. The smallest absolute Gasteiger partial charge is 0.342 e. The second-order valence-electron chi connectivity index (χ2n) is 5.47. The maximum atomic E-state index is 12.3. The Balaban J connectivity index is 1.70. The predicted octanol–water partition coefficient (Wildman–Crippen LogP) is -0.271. The molecule has 8 nitrogen and oxygen atoms in total. The number of benzene rings is 1. The Bertz CT molecular complexity index is 833. The Hall–Kier alpha value is -2.90. The third-order valence-electron chi connectivity index (χ3n) is 3.85. The highest BCUT2D eigenvalue weighted by molar-refractivity contribution is 5.91. The number of aromatic amines is 2. The standard InChI is InChI=1S/C15H17N5O3/c1-10-3-2-4-11(9-10)19-5-7-20(8-6-19)14(22)12-13(21)16-15(23)18-17-12/h2-4,9H,5-8H2,1H3,(H2,16,18,21,23). The first-order chi connectivity index (χ1) is 11.0. The average Bonchev–Trinajstić information content (AvgIpc) is 2.54. The van der Waals surface area contributed by atoms with Gasteiger partial charge in [0, 0.05) is 31.9 Å². The highest BCUT2D eigenvalue weighted by atomic mass is 16.2. The van der Waals surface area contributed by atoms with Gasteiger partial charge in [0.1, 0.15) is 0 Å². The van der Waals surface area contributed by atoms with Crippen LogP contribution in [0.15, 0.2) is 33.9 Å². The maximum absolute atomic E-state index is 12.3. The molecule has 3 rings (SSSR count). The van der Waals surface area contributed by atoms with Gasteiger partial charge in [-0.2, -0.15) is 5.10 Å². The number of amides is 1. The Labute approximate surface area is 131 Å². The van der Waals surface area contributed by atoms with Gasteiger partial charge in [0.2, 0.25) is 5.69 Å². The van der Waals surface area contributed by atoms with Crippen LogP contribution >= 0.6 is 0 Å². The average molecular weight is 315 g/mol. The fraction of sp³-hybridized carbons (Fsp3) is 0.333. The summed E-state index contributed by atoms with van der Waals surface area (Å²) in [5, 5.41) is 5.64. The van der Waals surface area contributed by atoms with Crippen molar-refractivity contribution < 1.29 is 4.79 Å². The van der Waals surface area contributed by atoms with Crippen LogP contribution in [0.1, 0.15) is 16.1 Å². The van der Waals surface area contributed by atoms with E-state index >= 15 is 0 Å². The molecule has 8 heteroatoms. The van der Waals surface area contributed by atoms with Crippen molar-refractivity contribution in [2.75, 3.05) is 31.1 Å². The van der Waals surface area contributed by atoms with Crippen LogP contribution in [0, 0.1) is 6.92 Å². The summed E-state index contributed by atoms with van der Waals surface area (Å²) in [6.07, 6.45) is 0. The fourth-order valence-corrected chi connectivity index (χ4v) is 2.63. The summed E-state index contributed by atoms with van der Waals surface area (Å²) in [4.78, 5) is 40.7. The SMILES string of the molecule is Cc1cccc(N2CCN(C(=O)c3n[nH]c(=O)[nH]c3=O)CC2)c1. The minimum absolute atomic E-state index is 0.284. The molecule has 0 radical (unpaired) electrons. The molecule has 1 fully saturated rings. The van der Waals surface area contributed by atoms with E-state index in [2.05, 4.69) is 21.2 Å². The number of rotatable bonds is 2. The number of aryl methyl sites for hydroxylation is 1. The molecule has 0 aliphatic carbocycles. The van der Waals surface area contributed by atoms with Gasteiger partial charge in [0.25, 0.3) is 11.5 Å². The molecular formula is C15H17N5O3. The molecule has 2 aromatic rings. The minimum atomic E-state index is -0.764. The lowest BCUT2D eigenvalue weighted by atomic mass is 10.2. The highest BCUT2D eigenvalue weighted by Crippen LogP contribution is 2.18. The van der Waals surface area contributed by atoms with E-state index in [1.54, 1.807) is 4.90 Å². The highest BCUT2D eigenvalue weighted by Gasteiger charge is 2.25. The summed E-state index contributed by atoms with van der Waals surface area (Å²) in [6.45, 7) is 4.38. The van der Waals surface area contributed by atoms with Crippen molar-refractivity contribution in [1.82, 2.24) is 20.1 Å². The first-order valence-electron chi connectivity index (χ1n) is 7.34. The van der Waals surface area contributed by atoms with Crippen molar-refractivity contribution in [1.29, 1.82) is 0 Å². The summed E-state index contributed by atoms with van der Waals surface area (Å²) >= 11 is 0. The zero-order valence-corrected chi connectivity index (χ0v) is 12.7. The fourth-order valence-electron chi connectivity index (χ4n) is 2.63. The summed E-state index contributed by atoms with van der Waals surface area (Å²) in [6, 6.07) is 8.19. The molecule has 2 heterocycles. The number of hydrogen-bond acceptors (Lipinski definition) is 5. The van der Waals surface area contributed by atoms with Crippen LogP contribution < -0.4 is 16.1 Å². The van der Waals surface area contributed by atoms with Crippen LogP contribution in [-0.4, -0.2) is 52.2 Å². The number of nitrogens with zero attached hydrogens (tertiary/aromatic N) is 3. The van der Waals surface area contributed by atoms with Gasteiger partial charge in [-0.1, -0.05) is 12.1 Å². The number of carbonyl (C=O) groups is 1. The predicted molar refractivity (Wildman–Crippen MR) is 84.8 cm³/mol. The molecule has 1 aromatic carbocycles. The molecule has 1 amide bonds. The van der Waals surface area contributed by atoms with Crippen LogP contribution in [-0.2, 0) is 0 Å². The normalized spacial score (nSPS) is 14.8. The number of piperazine rings is 1. The monoisotopic (exact) mass is 315 g/mol. The van der Waals surface area contributed by atoms with Gasteiger partial charge >= 0.3 is 5.69 Å². The summed E-state index contributed by atoms with van der Waals surface area (Å²) < 4.78 is 0. The van der Waals surface area contributed by atoms with Crippen molar-refractivity contribution in [3.05, 3.63) is 56.4 Å². The molecule has 120 valence electrons. The van der Waals surface area contributed by atoms with Crippen LogP contribution in [0.2, 0.25) is 0 Å². The number of hydrogen-bond donors (Lipinski definition) is 2. The molecule has 1 saturated heterocycles. The van der Waals surface area contributed by atoms with Crippen LogP contribution in [0.3, 0.4) is 0 Å². The summed E-state index contributed by atoms with van der Waals surface area (Å²) in [5.74, 6) is -0.466. The lowest BCUT2D eigenvalue weighted by molar-refractivity contribution is 0.0737. The molecular weight excluding hydrogens is 298 g/mol. The van der Waals surface area contributed by atoms with Gasteiger partial charge in [-0.3, -0.25) is 14.6 Å². The van der Waals surface area contributed by atoms with Gasteiger partial charge < -0.3 is 9.80 Å². The number of H-pyrrole nitrogens is 2. The minimum Gasteiger partial charge on any atom is -0.368 e. The molecule has 0 unspecified atom stereocenters. The van der Waals surface area contributed by atoms with Crippen LogP contribution in [0.4, 0.5) is 5.69 Å². The number of aromatic nitrogens is 3. The van der Waals surface area contributed by atoms with E-state index in [0.29, 0.717) is 26.2 Å². The summed E-state index contributed by atoms with van der Waals surface area (Å²) in [5.41, 5.74) is 0.534. The molecule has 2 N–H and O–H groups in total. The van der Waals surface area contributed by atoms with Crippen molar-refractivity contribution in [3.8, 4) is 0 Å². The molecule has 0 atom stereocenters. The van der Waals surface area contributed by atoms with E-state index < -0.39 is 17.2 Å². The van der Waals surface area contributed by atoms with E-state index in [4.69, 9.17) is 0 Å². The quantitative estimate of drug-likeness (QED) is 0.794. The molecule has 0 spiro atoms. The molecule has 0 bridgehead atoms. The Morgan fingerprint density at radius 2 is 1.91 bits per heavy atom. The lowest BCUT2D eigenvalue weighted by Gasteiger charge is -2.35. The van der Waals surface area contributed by atoms with E-state index in [9.17, 15) is 14.4 Å². The van der Waals surface area contributed by atoms with Crippen molar-refractivity contribution in [2.24, 2.45) is 0 Å². The van der Waals surface area contributed by atoms with Gasteiger partial charge in [-0.15, -0.1) is 0 Å². The Morgan fingerprint density at radius 3 is 2.57 bits per heavy atom. The largest absolute Gasteiger partial charge is 0.368 e. The number of anilines is 1. The van der Waals surface area contributed by atoms with Gasteiger partial charge in [0.15, 0.2) is 0 Å². The molecule has 0 saturated carbocycles. The van der Waals surface area contributed by atoms with E-state index in [1.165, 1.54) is 5.56 Å². The van der Waals surface area contributed by atoms with Gasteiger partial charge in [-0.25, -0.2) is 9.89 Å². The van der Waals surface area contributed by atoms with Crippen molar-refractivity contribution in [2.45, 2.75) is 6.92 Å². The molecule has 1 aliphatic rings. The first kappa shape index (κ1) is 15.0. The third kappa shape index (κ3) is 3.15. The molecule has 23 heavy (non-hydrogen) atoms. The maximum Gasteiger partial charge on any atom is 0.342 e. The van der Waals surface area contributed by atoms with E-state index in [-0.39, 0.29) is 5.69 Å². The van der Waals surface area contributed by atoms with Gasteiger partial charge in [-0.05, 0) is 24.6 Å². The third-order valence-corrected chi connectivity index (χ3v) is 3.85. The topological polar surface area (TPSA) is 102 Å². The van der Waals surface area contributed by atoms with Crippen molar-refractivity contribution in [3.63, 3.8) is 0 Å². The Morgan fingerprint density at radius 1 is 1.17 bits per heavy atom. The first-order valence-corrected chi connectivity index (χ1v) is 7.34. The van der Waals surface area contributed by atoms with Crippen molar-refractivity contribution >= 4 is 11.6 Å². The van der Waals surface area contributed by atoms with Crippen LogP contribution in [0.25, 0.3) is 0 Å². The van der Waals surface area contributed by atoms with E-state index in [0.717, 1.165) is 5.69 Å². The van der Waals surface area contributed by atoms with Gasteiger partial charge in [0.05, 0.1) is 0 Å². The lowest BCUT2D eigenvalue weighted by Crippen LogP contribution is -2.50. The van der Waals surface area contributed by atoms with Crippen LogP contribution in [0.5, 0.6) is 0 Å². The Kier molecular flexibility index (Phi) is 3.96. The molecule has 1 aromatic heterocycles. The second kappa shape index (κ2) is 6.07. The number of nitrogens with one attached hydrogen (secondary N) is 2.